The summed E-state index contributed by atoms with van der Waals surface area (Å²) in [6, 6.07) is 11.8. The van der Waals surface area contributed by atoms with Crippen LogP contribution in [0.25, 0.3) is 11.6 Å². The fraction of sp³-hybridized carbons (Fsp3) is 0.381. The van der Waals surface area contributed by atoms with Crippen molar-refractivity contribution in [3.05, 3.63) is 59.1 Å². The number of rotatable bonds is 8. The lowest BCUT2D eigenvalue weighted by Gasteiger charge is -2.16. The molecule has 7 nitrogen and oxygen atoms in total. The molecule has 0 atom stereocenters. The molecule has 0 bridgehead atoms. The highest BCUT2D eigenvalue weighted by molar-refractivity contribution is 14.0. The number of aromatic nitrogens is 3. The van der Waals surface area contributed by atoms with Gasteiger partial charge in [-0.15, -0.1) is 24.0 Å². The number of nitrogens with one attached hydrogen (secondary N) is 3. The van der Waals surface area contributed by atoms with Gasteiger partial charge in [0.25, 0.3) is 0 Å². The minimum atomic E-state index is 0. The van der Waals surface area contributed by atoms with Crippen LogP contribution >= 0.6 is 35.6 Å². The number of aromatic amines is 1. The van der Waals surface area contributed by atoms with E-state index < -0.39 is 0 Å². The third-order valence-corrected chi connectivity index (χ3v) is 5.34. The predicted octanol–water partition coefficient (Wildman–Crippen LogP) is 4.17. The van der Waals surface area contributed by atoms with Crippen LogP contribution in [-0.4, -0.2) is 40.8 Å². The van der Waals surface area contributed by atoms with E-state index in [-0.39, 0.29) is 29.4 Å². The van der Waals surface area contributed by atoms with Crippen molar-refractivity contribution < 1.29 is 4.42 Å². The number of benzene rings is 1. The number of hydrogen-bond donors (Lipinski definition) is 3. The van der Waals surface area contributed by atoms with Gasteiger partial charge in [0.05, 0.1) is 12.8 Å². The largest absolute Gasteiger partial charge is 0.461 e. The summed E-state index contributed by atoms with van der Waals surface area (Å²) in [7, 11) is 0. The van der Waals surface area contributed by atoms with Crippen molar-refractivity contribution in [2.24, 2.45) is 4.99 Å². The van der Waals surface area contributed by atoms with Crippen LogP contribution in [0.15, 0.2) is 52.1 Å². The monoisotopic (exact) mass is 540 g/mol. The van der Waals surface area contributed by atoms with Crippen LogP contribution in [0.4, 0.5) is 0 Å². The van der Waals surface area contributed by atoms with Crippen LogP contribution in [0.5, 0.6) is 0 Å². The second-order valence-electron chi connectivity index (χ2n) is 7.25. The van der Waals surface area contributed by atoms with Crippen LogP contribution in [-0.2, 0) is 11.8 Å². The molecule has 1 saturated carbocycles. The van der Waals surface area contributed by atoms with Crippen molar-refractivity contribution in [1.29, 1.82) is 0 Å². The lowest BCUT2D eigenvalue weighted by molar-refractivity contribution is 0.577. The molecule has 9 heteroatoms. The molecule has 1 fully saturated rings. The highest BCUT2D eigenvalue weighted by Crippen LogP contribution is 2.48. The maximum Gasteiger partial charge on any atom is 0.216 e. The first-order valence-corrected chi connectivity index (χ1v) is 10.3. The molecule has 1 aliphatic rings. The minimum Gasteiger partial charge on any atom is -0.461 e. The molecule has 0 spiro atoms. The molecule has 2 heterocycles. The van der Waals surface area contributed by atoms with Gasteiger partial charge in [0.2, 0.25) is 5.82 Å². The molecule has 0 aliphatic heterocycles. The van der Waals surface area contributed by atoms with Crippen molar-refractivity contribution in [3.8, 4) is 11.6 Å². The summed E-state index contributed by atoms with van der Waals surface area (Å²) in [4.78, 5) is 9.29. The quantitative estimate of drug-likeness (QED) is 0.227. The van der Waals surface area contributed by atoms with Crippen molar-refractivity contribution in [2.75, 3.05) is 19.6 Å². The Hall–Kier alpha value is -2.07. The molecule has 2 aromatic heterocycles. The van der Waals surface area contributed by atoms with E-state index >= 15 is 0 Å². The van der Waals surface area contributed by atoms with E-state index in [1.54, 1.807) is 6.26 Å². The summed E-state index contributed by atoms with van der Waals surface area (Å²) < 4.78 is 5.32. The zero-order valence-corrected chi connectivity index (χ0v) is 19.9. The number of furan rings is 1. The van der Waals surface area contributed by atoms with Crippen LogP contribution in [0.2, 0.25) is 5.02 Å². The van der Waals surface area contributed by atoms with Crippen molar-refractivity contribution in [1.82, 2.24) is 25.8 Å². The lowest BCUT2D eigenvalue weighted by Crippen LogP contribution is -2.39. The second-order valence-corrected chi connectivity index (χ2v) is 7.68. The molecule has 1 aromatic carbocycles. The fourth-order valence-electron chi connectivity index (χ4n) is 3.30. The minimum absolute atomic E-state index is 0. The Labute approximate surface area is 198 Å². The van der Waals surface area contributed by atoms with Crippen molar-refractivity contribution in [3.63, 3.8) is 0 Å². The summed E-state index contributed by atoms with van der Waals surface area (Å²) in [6.07, 6.45) is 4.60. The Morgan fingerprint density at radius 3 is 2.83 bits per heavy atom. The SMILES string of the molecule is CCNC(=NCC1(c2cccc(Cl)c2)CC1)NCCc1nc(-c2ccco2)n[nH]1.I. The standard InChI is InChI=1S/C21H25ClN6O.HI/c1-2-23-20(25-14-21(9-10-21)15-5-3-6-16(22)13-15)24-11-8-18-26-19(28-27-18)17-7-4-12-29-17;/h3-7,12-13H,2,8-11,14H2,1H3,(H2,23,24,25)(H,26,27,28);1H. The van der Waals surface area contributed by atoms with Gasteiger partial charge >= 0.3 is 0 Å². The van der Waals surface area contributed by atoms with E-state index in [2.05, 4.69) is 44.9 Å². The van der Waals surface area contributed by atoms with E-state index in [1.165, 1.54) is 5.56 Å². The van der Waals surface area contributed by atoms with E-state index in [1.807, 2.05) is 24.3 Å². The lowest BCUT2D eigenvalue weighted by atomic mass is 9.96. The molecule has 30 heavy (non-hydrogen) atoms. The van der Waals surface area contributed by atoms with Crippen molar-refractivity contribution >= 4 is 41.5 Å². The number of H-pyrrole nitrogens is 1. The molecule has 160 valence electrons. The van der Waals surface area contributed by atoms with E-state index in [4.69, 9.17) is 21.0 Å². The highest BCUT2D eigenvalue weighted by atomic mass is 127. The third kappa shape index (κ3) is 5.54. The van der Waals surface area contributed by atoms with Gasteiger partial charge < -0.3 is 15.1 Å². The van der Waals surface area contributed by atoms with Gasteiger partial charge in [0.1, 0.15) is 5.82 Å². The predicted molar refractivity (Wildman–Crippen MR) is 130 cm³/mol. The molecular weight excluding hydrogens is 515 g/mol. The summed E-state index contributed by atoms with van der Waals surface area (Å²) in [5.41, 5.74) is 1.40. The van der Waals surface area contributed by atoms with Crippen molar-refractivity contribution in [2.45, 2.75) is 31.6 Å². The first kappa shape index (κ1) is 22.6. The summed E-state index contributed by atoms with van der Waals surface area (Å²) in [5, 5.41) is 14.6. The summed E-state index contributed by atoms with van der Waals surface area (Å²) in [6.45, 7) is 4.31. The summed E-state index contributed by atoms with van der Waals surface area (Å²) in [5.74, 6) is 2.85. The van der Waals surface area contributed by atoms with Crippen LogP contribution in [0, 0.1) is 0 Å². The molecule has 0 radical (unpaired) electrons. The van der Waals surface area contributed by atoms with Crippen LogP contribution in [0.3, 0.4) is 0 Å². The molecule has 0 saturated heterocycles. The van der Waals surface area contributed by atoms with Gasteiger partial charge in [-0.05, 0) is 49.6 Å². The van der Waals surface area contributed by atoms with Gasteiger partial charge in [-0.25, -0.2) is 4.98 Å². The molecule has 0 unspecified atom stereocenters. The normalized spacial score (nSPS) is 14.8. The second kappa shape index (κ2) is 10.3. The van der Waals surface area contributed by atoms with Crippen LogP contribution in [0.1, 0.15) is 31.2 Å². The number of aliphatic imine (C=N–C) groups is 1. The number of nitrogens with zero attached hydrogens (tertiary/aromatic N) is 3. The molecule has 4 rings (SSSR count). The van der Waals surface area contributed by atoms with Gasteiger partial charge in [0, 0.05) is 29.9 Å². The first-order chi connectivity index (χ1) is 14.2. The number of halogens is 2. The molecular formula is C21H26ClIN6O. The molecule has 1 aliphatic carbocycles. The van der Waals surface area contributed by atoms with Gasteiger partial charge in [-0.3, -0.25) is 10.1 Å². The van der Waals surface area contributed by atoms with E-state index in [0.717, 1.165) is 42.7 Å². The fourth-order valence-corrected chi connectivity index (χ4v) is 3.49. The van der Waals surface area contributed by atoms with Gasteiger partial charge in [-0.2, -0.15) is 5.10 Å². The zero-order chi connectivity index (χ0) is 20.1. The highest BCUT2D eigenvalue weighted by Gasteiger charge is 2.44. The average Bonchev–Trinajstić information content (AvgIpc) is 3.10. The van der Waals surface area contributed by atoms with E-state index in [9.17, 15) is 0 Å². The smallest absolute Gasteiger partial charge is 0.216 e. The molecule has 0 amide bonds. The Bertz CT molecular complexity index is 968. The topological polar surface area (TPSA) is 91.1 Å². The Morgan fingerprint density at radius 2 is 2.13 bits per heavy atom. The maximum absolute atomic E-state index is 6.17. The summed E-state index contributed by atoms with van der Waals surface area (Å²) >= 11 is 6.17. The van der Waals surface area contributed by atoms with Gasteiger partial charge in [0.15, 0.2) is 11.7 Å². The van der Waals surface area contributed by atoms with Gasteiger partial charge in [-0.1, -0.05) is 23.7 Å². The zero-order valence-electron chi connectivity index (χ0n) is 16.8. The average molecular weight is 541 g/mol. The number of hydrogen-bond acceptors (Lipinski definition) is 4. The van der Waals surface area contributed by atoms with Crippen LogP contribution < -0.4 is 10.6 Å². The maximum atomic E-state index is 6.17. The Balaban J connectivity index is 0.00000256. The first-order valence-electron chi connectivity index (χ1n) is 9.92. The molecule has 3 N–H and O–H groups in total. The Kier molecular flexibility index (Phi) is 7.76. The Morgan fingerprint density at radius 1 is 1.27 bits per heavy atom. The molecule has 3 aromatic rings. The third-order valence-electron chi connectivity index (χ3n) is 5.10. The van der Waals surface area contributed by atoms with E-state index in [0.29, 0.717) is 24.6 Å². The number of guanidine groups is 1.